The van der Waals surface area contributed by atoms with E-state index in [0.717, 1.165) is 16.9 Å². The van der Waals surface area contributed by atoms with Crippen LogP contribution in [0.15, 0.2) is 105 Å². The molecule has 0 spiro atoms. The van der Waals surface area contributed by atoms with Crippen molar-refractivity contribution in [1.82, 2.24) is 0 Å². The van der Waals surface area contributed by atoms with Gasteiger partial charge in [0.25, 0.3) is 5.91 Å². The largest absolute Gasteiger partial charge is 0.457 e. The Morgan fingerprint density at radius 2 is 1.61 bits per heavy atom. The second-order valence-electron chi connectivity index (χ2n) is 7.14. The number of aliphatic imine (C=N–C) groups is 1. The first-order valence-electron chi connectivity index (χ1n) is 10.1. The maximum absolute atomic E-state index is 13.4. The fourth-order valence-corrected chi connectivity index (χ4v) is 4.84. The Kier molecular flexibility index (Phi) is 6.09. The van der Waals surface area contributed by atoms with Crippen molar-refractivity contribution in [3.63, 3.8) is 0 Å². The molecule has 162 valence electrons. The number of benzene rings is 3. The molecule has 1 amide bonds. The molecule has 2 heterocycles. The van der Waals surface area contributed by atoms with Crippen molar-refractivity contribution in [2.75, 3.05) is 4.90 Å². The molecule has 3 aromatic carbocycles. The molecule has 7 heteroatoms. The van der Waals surface area contributed by atoms with E-state index in [4.69, 9.17) is 32.6 Å². The Bertz CT molecular complexity index is 1380. The van der Waals surface area contributed by atoms with Crippen LogP contribution >= 0.6 is 35.0 Å². The third kappa shape index (κ3) is 4.62. The van der Waals surface area contributed by atoms with Crippen molar-refractivity contribution in [3.8, 4) is 11.3 Å². The monoisotopic (exact) mass is 490 g/mol. The van der Waals surface area contributed by atoms with Crippen LogP contribution in [0, 0.1) is 0 Å². The number of hydrogen-bond acceptors (Lipinski definition) is 4. The van der Waals surface area contributed by atoms with E-state index in [1.807, 2.05) is 66.7 Å². The average Bonchev–Trinajstić information content (AvgIpc) is 3.40. The summed E-state index contributed by atoms with van der Waals surface area (Å²) in [6.07, 6.45) is 1.73. The molecule has 4 aromatic rings. The zero-order chi connectivity index (χ0) is 22.8. The first-order valence-corrected chi connectivity index (χ1v) is 11.6. The molecule has 33 heavy (non-hydrogen) atoms. The van der Waals surface area contributed by atoms with Crippen LogP contribution in [0.4, 0.5) is 11.4 Å². The summed E-state index contributed by atoms with van der Waals surface area (Å²) in [6.45, 7) is 0. The standard InChI is InChI=1S/C26H16Cl2N2O2S/c27-17-11-13-21(22(28)15-17)23-14-12-20(32-23)16-24-25(31)30(19-9-5-2-6-10-19)26(33-24)29-18-7-3-1-4-8-18/h1-16H. The van der Waals surface area contributed by atoms with E-state index in [9.17, 15) is 4.79 Å². The number of rotatable bonds is 4. The van der Waals surface area contributed by atoms with Crippen molar-refractivity contribution in [1.29, 1.82) is 0 Å². The van der Waals surface area contributed by atoms with Gasteiger partial charge in [-0.3, -0.25) is 9.69 Å². The highest BCUT2D eigenvalue weighted by Gasteiger charge is 2.35. The van der Waals surface area contributed by atoms with Gasteiger partial charge in [0.15, 0.2) is 5.17 Å². The summed E-state index contributed by atoms with van der Waals surface area (Å²) in [4.78, 5) is 20.2. The SMILES string of the molecule is O=C1C(=Cc2ccc(-c3ccc(Cl)cc3Cl)o2)SC(=Nc2ccccc2)N1c1ccccc1. The molecule has 1 saturated heterocycles. The minimum Gasteiger partial charge on any atom is -0.457 e. The molecule has 0 saturated carbocycles. The van der Waals surface area contributed by atoms with Gasteiger partial charge in [-0.15, -0.1) is 0 Å². The van der Waals surface area contributed by atoms with Gasteiger partial charge in [0.2, 0.25) is 0 Å². The average molecular weight is 491 g/mol. The number of nitrogens with zero attached hydrogens (tertiary/aromatic N) is 2. The van der Waals surface area contributed by atoms with Crippen molar-refractivity contribution < 1.29 is 9.21 Å². The minimum absolute atomic E-state index is 0.164. The third-order valence-electron chi connectivity index (χ3n) is 4.90. The van der Waals surface area contributed by atoms with E-state index in [0.29, 0.717) is 31.6 Å². The second-order valence-corrected chi connectivity index (χ2v) is 9.00. The molecule has 4 nitrogen and oxygen atoms in total. The molecule has 0 bridgehead atoms. The second kappa shape index (κ2) is 9.32. The summed E-state index contributed by atoms with van der Waals surface area (Å²) < 4.78 is 5.97. The lowest BCUT2D eigenvalue weighted by Crippen LogP contribution is -2.28. The van der Waals surface area contributed by atoms with Crippen LogP contribution in [-0.4, -0.2) is 11.1 Å². The molecule has 0 aliphatic carbocycles. The summed E-state index contributed by atoms with van der Waals surface area (Å²) in [5.41, 5.74) is 2.25. The maximum atomic E-state index is 13.4. The number of halogens is 2. The van der Waals surface area contributed by atoms with Gasteiger partial charge in [0.1, 0.15) is 11.5 Å². The van der Waals surface area contributed by atoms with Gasteiger partial charge in [0, 0.05) is 16.7 Å². The van der Waals surface area contributed by atoms with Crippen molar-refractivity contribution in [3.05, 3.63) is 112 Å². The lowest BCUT2D eigenvalue weighted by Gasteiger charge is -2.15. The predicted octanol–water partition coefficient (Wildman–Crippen LogP) is 8.06. The molecule has 0 atom stereocenters. The van der Waals surface area contributed by atoms with Crippen molar-refractivity contribution >= 4 is 63.5 Å². The van der Waals surface area contributed by atoms with Gasteiger partial charge >= 0.3 is 0 Å². The van der Waals surface area contributed by atoms with E-state index in [1.165, 1.54) is 11.8 Å². The van der Waals surface area contributed by atoms with Crippen LogP contribution in [0.5, 0.6) is 0 Å². The van der Waals surface area contributed by atoms with Gasteiger partial charge in [-0.1, -0.05) is 59.6 Å². The first kappa shape index (κ1) is 21.6. The van der Waals surface area contributed by atoms with Crippen LogP contribution in [0.3, 0.4) is 0 Å². The van der Waals surface area contributed by atoms with E-state index >= 15 is 0 Å². The fourth-order valence-electron chi connectivity index (χ4n) is 3.36. The lowest BCUT2D eigenvalue weighted by atomic mass is 10.2. The van der Waals surface area contributed by atoms with Crippen molar-refractivity contribution in [2.24, 2.45) is 4.99 Å². The van der Waals surface area contributed by atoms with Gasteiger partial charge < -0.3 is 4.42 Å². The Balaban J connectivity index is 1.51. The molecule has 0 N–H and O–H groups in total. The van der Waals surface area contributed by atoms with E-state index in [2.05, 4.69) is 0 Å². The number of anilines is 1. The summed E-state index contributed by atoms with van der Waals surface area (Å²) in [6, 6.07) is 27.9. The Morgan fingerprint density at radius 1 is 0.879 bits per heavy atom. The van der Waals surface area contributed by atoms with Gasteiger partial charge in [0.05, 0.1) is 21.3 Å². The third-order valence-corrected chi connectivity index (χ3v) is 6.42. The molecule has 1 aliphatic rings. The summed E-state index contributed by atoms with van der Waals surface area (Å²) in [5, 5.41) is 1.63. The van der Waals surface area contributed by atoms with E-state index < -0.39 is 0 Å². The first-order chi connectivity index (χ1) is 16.1. The predicted molar refractivity (Wildman–Crippen MR) is 137 cm³/mol. The molecule has 0 radical (unpaired) electrons. The molecule has 5 rings (SSSR count). The number of hydrogen-bond donors (Lipinski definition) is 0. The van der Waals surface area contributed by atoms with E-state index in [1.54, 1.807) is 35.2 Å². The fraction of sp³-hybridized carbons (Fsp3) is 0. The van der Waals surface area contributed by atoms with Gasteiger partial charge in [-0.2, -0.15) is 0 Å². The number of thioether (sulfide) groups is 1. The van der Waals surface area contributed by atoms with Gasteiger partial charge in [-0.05, 0) is 66.4 Å². The zero-order valence-electron chi connectivity index (χ0n) is 17.1. The Labute approximate surface area is 205 Å². The summed E-state index contributed by atoms with van der Waals surface area (Å²) >= 11 is 13.6. The number of para-hydroxylation sites is 2. The van der Waals surface area contributed by atoms with Crippen LogP contribution in [0.1, 0.15) is 5.76 Å². The normalized spacial score (nSPS) is 16.2. The molecule has 0 unspecified atom stereocenters. The smallest absolute Gasteiger partial charge is 0.271 e. The minimum atomic E-state index is -0.164. The van der Waals surface area contributed by atoms with Crippen LogP contribution in [-0.2, 0) is 4.79 Å². The number of carbonyl (C=O) groups excluding carboxylic acids is 1. The molecule has 1 aromatic heterocycles. The van der Waals surface area contributed by atoms with Crippen molar-refractivity contribution in [2.45, 2.75) is 0 Å². The lowest BCUT2D eigenvalue weighted by molar-refractivity contribution is -0.113. The van der Waals surface area contributed by atoms with E-state index in [-0.39, 0.29) is 5.91 Å². The zero-order valence-corrected chi connectivity index (χ0v) is 19.4. The molecule has 1 aliphatic heterocycles. The Hall–Kier alpha value is -3.25. The van der Waals surface area contributed by atoms with Crippen LogP contribution < -0.4 is 4.90 Å². The summed E-state index contributed by atoms with van der Waals surface area (Å²) in [7, 11) is 0. The quantitative estimate of drug-likeness (QED) is 0.271. The highest BCUT2D eigenvalue weighted by molar-refractivity contribution is 8.19. The highest BCUT2D eigenvalue weighted by Crippen LogP contribution is 2.38. The topological polar surface area (TPSA) is 45.8 Å². The number of furan rings is 1. The number of amides is 1. The van der Waals surface area contributed by atoms with Gasteiger partial charge in [-0.25, -0.2) is 4.99 Å². The van der Waals surface area contributed by atoms with Crippen LogP contribution in [0.25, 0.3) is 17.4 Å². The van der Waals surface area contributed by atoms with Crippen LogP contribution in [0.2, 0.25) is 10.0 Å². The molecular weight excluding hydrogens is 475 g/mol. The highest BCUT2D eigenvalue weighted by atomic mass is 35.5. The molecular formula is C26H16Cl2N2O2S. The maximum Gasteiger partial charge on any atom is 0.271 e. The number of amidine groups is 1. The number of carbonyl (C=O) groups is 1. The molecule has 1 fully saturated rings. The Morgan fingerprint density at radius 3 is 2.33 bits per heavy atom. The summed E-state index contributed by atoms with van der Waals surface area (Å²) in [5.74, 6) is 0.973.